The van der Waals surface area contributed by atoms with Crippen molar-refractivity contribution >= 4 is 0 Å². The van der Waals surface area contributed by atoms with Crippen LogP contribution in [0.3, 0.4) is 0 Å². The second-order valence-corrected chi connectivity index (χ2v) is 6.09. The summed E-state index contributed by atoms with van der Waals surface area (Å²) >= 11 is 0. The maximum Gasteiger partial charge on any atom is 0.0358 e. The predicted molar refractivity (Wildman–Crippen MR) is 77.8 cm³/mol. The van der Waals surface area contributed by atoms with Gasteiger partial charge in [-0.25, -0.2) is 0 Å². The number of nitrogens with zero attached hydrogens (tertiary/aromatic N) is 2. The second kappa shape index (κ2) is 6.36. The minimum atomic E-state index is 0.301. The highest BCUT2D eigenvalue weighted by molar-refractivity contribution is 4.99. The Morgan fingerprint density at radius 3 is 2.22 bits per heavy atom. The van der Waals surface area contributed by atoms with Crippen LogP contribution in [-0.4, -0.2) is 54.1 Å². The van der Waals surface area contributed by atoms with Gasteiger partial charge in [-0.1, -0.05) is 26.7 Å². The molecule has 0 bridgehead atoms. The van der Waals surface area contributed by atoms with Gasteiger partial charge >= 0.3 is 0 Å². The standard InChI is InChI=1S/C15H31N3/c1-3-17-11-9-15(13-16,10-12-17)18(4-2)14-7-5-6-8-14/h14H,3-13,16H2,1-2H3. The number of likely N-dealkylation sites (tertiary alicyclic amines) is 1. The lowest BCUT2D eigenvalue weighted by molar-refractivity contribution is 0.00277. The first-order valence-corrected chi connectivity index (χ1v) is 7.95. The second-order valence-electron chi connectivity index (χ2n) is 6.09. The third kappa shape index (κ3) is 2.73. The summed E-state index contributed by atoms with van der Waals surface area (Å²) in [6.45, 7) is 10.3. The lowest BCUT2D eigenvalue weighted by Gasteiger charge is -2.50. The summed E-state index contributed by atoms with van der Waals surface area (Å²) in [5, 5.41) is 0. The normalized spacial score (nSPS) is 26.0. The largest absolute Gasteiger partial charge is 0.329 e. The van der Waals surface area contributed by atoms with E-state index in [4.69, 9.17) is 5.73 Å². The number of piperidine rings is 1. The van der Waals surface area contributed by atoms with E-state index in [1.165, 1.54) is 64.7 Å². The molecule has 0 aromatic carbocycles. The third-order valence-electron chi connectivity index (χ3n) is 5.33. The van der Waals surface area contributed by atoms with E-state index in [0.717, 1.165) is 12.6 Å². The summed E-state index contributed by atoms with van der Waals surface area (Å²) in [6.07, 6.45) is 8.16. The van der Waals surface area contributed by atoms with Gasteiger partial charge in [-0.2, -0.15) is 0 Å². The van der Waals surface area contributed by atoms with Crippen LogP contribution < -0.4 is 5.73 Å². The molecule has 2 N–H and O–H groups in total. The SMILES string of the molecule is CCN1CCC(CN)(N(CC)C2CCCC2)CC1. The average Bonchev–Trinajstić information content (AvgIpc) is 2.94. The van der Waals surface area contributed by atoms with Gasteiger partial charge in [0.15, 0.2) is 0 Å². The first kappa shape index (κ1) is 14.3. The Balaban J connectivity index is 2.05. The van der Waals surface area contributed by atoms with Crippen molar-refractivity contribution in [1.82, 2.24) is 9.80 Å². The van der Waals surface area contributed by atoms with Crippen molar-refractivity contribution in [2.24, 2.45) is 5.73 Å². The minimum absolute atomic E-state index is 0.301. The van der Waals surface area contributed by atoms with Crippen LogP contribution in [0.15, 0.2) is 0 Å². The van der Waals surface area contributed by atoms with Crippen molar-refractivity contribution < 1.29 is 0 Å². The Labute approximate surface area is 113 Å². The zero-order valence-corrected chi connectivity index (χ0v) is 12.3. The molecule has 3 heteroatoms. The molecule has 1 heterocycles. The fourth-order valence-electron chi connectivity index (χ4n) is 4.09. The summed E-state index contributed by atoms with van der Waals surface area (Å²) in [5.41, 5.74) is 6.51. The summed E-state index contributed by atoms with van der Waals surface area (Å²) in [4.78, 5) is 5.34. The highest BCUT2D eigenvalue weighted by Crippen LogP contribution is 2.34. The van der Waals surface area contributed by atoms with Gasteiger partial charge in [-0.15, -0.1) is 0 Å². The summed E-state index contributed by atoms with van der Waals surface area (Å²) in [6, 6.07) is 0.812. The first-order valence-electron chi connectivity index (χ1n) is 7.95. The van der Waals surface area contributed by atoms with E-state index in [2.05, 4.69) is 23.6 Å². The Morgan fingerprint density at radius 2 is 1.78 bits per heavy atom. The molecular formula is C15H31N3. The van der Waals surface area contributed by atoms with E-state index in [0.29, 0.717) is 5.54 Å². The lowest BCUT2D eigenvalue weighted by atomic mass is 9.84. The molecule has 18 heavy (non-hydrogen) atoms. The van der Waals surface area contributed by atoms with Crippen LogP contribution in [0, 0.1) is 0 Å². The maximum absolute atomic E-state index is 6.21. The van der Waals surface area contributed by atoms with Crippen LogP contribution in [-0.2, 0) is 0 Å². The summed E-state index contributed by atoms with van der Waals surface area (Å²) < 4.78 is 0. The quantitative estimate of drug-likeness (QED) is 0.814. The average molecular weight is 253 g/mol. The maximum atomic E-state index is 6.21. The molecule has 0 atom stereocenters. The van der Waals surface area contributed by atoms with E-state index >= 15 is 0 Å². The molecule has 1 aliphatic carbocycles. The molecule has 1 saturated heterocycles. The molecule has 106 valence electrons. The number of nitrogens with two attached hydrogens (primary N) is 1. The Kier molecular flexibility index (Phi) is 5.05. The number of hydrogen-bond donors (Lipinski definition) is 1. The van der Waals surface area contributed by atoms with E-state index < -0.39 is 0 Å². The molecule has 0 spiro atoms. The zero-order chi connectivity index (χ0) is 13.0. The minimum Gasteiger partial charge on any atom is -0.329 e. The molecule has 0 unspecified atom stereocenters. The summed E-state index contributed by atoms with van der Waals surface area (Å²) in [7, 11) is 0. The van der Waals surface area contributed by atoms with Gasteiger partial charge in [0, 0.05) is 18.1 Å². The highest BCUT2D eigenvalue weighted by Gasteiger charge is 2.41. The molecule has 0 aromatic heterocycles. The van der Waals surface area contributed by atoms with E-state index in [-0.39, 0.29) is 0 Å². The molecule has 0 radical (unpaired) electrons. The lowest BCUT2D eigenvalue weighted by Crippen LogP contribution is -2.61. The molecule has 1 aliphatic heterocycles. The smallest absolute Gasteiger partial charge is 0.0358 e. The molecule has 2 rings (SSSR count). The van der Waals surface area contributed by atoms with E-state index in [1.54, 1.807) is 0 Å². The van der Waals surface area contributed by atoms with Gasteiger partial charge in [0.1, 0.15) is 0 Å². The highest BCUT2D eigenvalue weighted by atomic mass is 15.3. The fourth-order valence-corrected chi connectivity index (χ4v) is 4.09. The zero-order valence-electron chi connectivity index (χ0n) is 12.3. The van der Waals surface area contributed by atoms with Crippen molar-refractivity contribution in [3.8, 4) is 0 Å². The number of hydrogen-bond acceptors (Lipinski definition) is 3. The molecule has 2 fully saturated rings. The van der Waals surface area contributed by atoms with Gasteiger partial charge in [0.2, 0.25) is 0 Å². The van der Waals surface area contributed by atoms with Crippen LogP contribution in [0.4, 0.5) is 0 Å². The van der Waals surface area contributed by atoms with Crippen LogP contribution in [0.25, 0.3) is 0 Å². The van der Waals surface area contributed by atoms with Crippen molar-refractivity contribution in [2.75, 3.05) is 32.7 Å². The van der Waals surface area contributed by atoms with E-state index in [9.17, 15) is 0 Å². The molecule has 1 saturated carbocycles. The van der Waals surface area contributed by atoms with Crippen molar-refractivity contribution in [2.45, 2.75) is 64.0 Å². The van der Waals surface area contributed by atoms with Gasteiger partial charge in [-0.3, -0.25) is 4.90 Å². The molecular weight excluding hydrogens is 222 g/mol. The van der Waals surface area contributed by atoms with Gasteiger partial charge in [0.25, 0.3) is 0 Å². The van der Waals surface area contributed by atoms with Crippen molar-refractivity contribution in [3.05, 3.63) is 0 Å². The Bertz CT molecular complexity index is 240. The Morgan fingerprint density at radius 1 is 1.17 bits per heavy atom. The van der Waals surface area contributed by atoms with Gasteiger partial charge < -0.3 is 10.6 Å². The fraction of sp³-hybridized carbons (Fsp3) is 1.00. The molecule has 3 nitrogen and oxygen atoms in total. The predicted octanol–water partition coefficient (Wildman–Crippen LogP) is 2.06. The van der Waals surface area contributed by atoms with Crippen LogP contribution in [0.2, 0.25) is 0 Å². The number of rotatable bonds is 5. The van der Waals surface area contributed by atoms with E-state index in [1.807, 2.05) is 0 Å². The monoisotopic (exact) mass is 253 g/mol. The van der Waals surface area contributed by atoms with Crippen LogP contribution >= 0.6 is 0 Å². The molecule has 0 amide bonds. The summed E-state index contributed by atoms with van der Waals surface area (Å²) in [5.74, 6) is 0. The topological polar surface area (TPSA) is 32.5 Å². The molecule has 2 aliphatic rings. The number of likely N-dealkylation sites (N-methyl/N-ethyl adjacent to an activating group) is 1. The molecule has 0 aromatic rings. The first-order chi connectivity index (χ1) is 8.75. The van der Waals surface area contributed by atoms with Crippen LogP contribution in [0.5, 0.6) is 0 Å². The van der Waals surface area contributed by atoms with Gasteiger partial charge in [0.05, 0.1) is 0 Å². The van der Waals surface area contributed by atoms with Crippen molar-refractivity contribution in [1.29, 1.82) is 0 Å². The van der Waals surface area contributed by atoms with Crippen molar-refractivity contribution in [3.63, 3.8) is 0 Å². The third-order valence-corrected chi connectivity index (χ3v) is 5.33. The Hall–Kier alpha value is -0.120. The van der Waals surface area contributed by atoms with Gasteiger partial charge in [-0.05, 0) is 51.9 Å². The van der Waals surface area contributed by atoms with Crippen LogP contribution in [0.1, 0.15) is 52.4 Å².